The molecule has 1 aromatic heterocycles. The van der Waals surface area contributed by atoms with Gasteiger partial charge in [-0.3, -0.25) is 5.41 Å². The Bertz CT molecular complexity index is 429. The Balaban J connectivity index is 2.25. The van der Waals surface area contributed by atoms with Crippen molar-refractivity contribution in [1.29, 1.82) is 5.41 Å². The Labute approximate surface area is 79.8 Å². The Morgan fingerprint density at radius 3 is 2.69 bits per heavy atom. The summed E-state index contributed by atoms with van der Waals surface area (Å²) in [6.07, 6.45) is 0. The fourth-order valence-corrected chi connectivity index (χ4v) is 1.61. The Kier molecular flexibility index (Phi) is 2.23. The highest BCUT2D eigenvalue weighted by molar-refractivity contribution is 7.06. The van der Waals surface area contributed by atoms with E-state index in [0.29, 0.717) is 11.3 Å². The standard InChI is InChI=1S/C9H9N3S/c10-9-12(11-7-13-9)6-8-4-2-1-3-5-8/h1-5,7,10H,6H2. The smallest absolute Gasteiger partial charge is 0.200 e. The molecule has 2 aromatic rings. The first kappa shape index (κ1) is 8.19. The zero-order valence-corrected chi connectivity index (χ0v) is 7.79. The van der Waals surface area contributed by atoms with Crippen LogP contribution in [-0.2, 0) is 6.54 Å². The molecule has 13 heavy (non-hydrogen) atoms. The van der Waals surface area contributed by atoms with Gasteiger partial charge >= 0.3 is 0 Å². The average molecular weight is 191 g/mol. The number of rotatable bonds is 2. The van der Waals surface area contributed by atoms with Gasteiger partial charge in [-0.15, -0.1) is 0 Å². The van der Waals surface area contributed by atoms with E-state index in [4.69, 9.17) is 5.41 Å². The summed E-state index contributed by atoms with van der Waals surface area (Å²) >= 11 is 1.34. The molecule has 0 atom stereocenters. The lowest BCUT2D eigenvalue weighted by molar-refractivity contribution is 0.649. The van der Waals surface area contributed by atoms with E-state index in [1.54, 1.807) is 10.2 Å². The van der Waals surface area contributed by atoms with Gasteiger partial charge in [0.25, 0.3) is 0 Å². The molecule has 1 N–H and O–H groups in total. The van der Waals surface area contributed by atoms with Crippen LogP contribution >= 0.6 is 11.3 Å². The van der Waals surface area contributed by atoms with E-state index in [0.717, 1.165) is 0 Å². The second-order valence-electron chi connectivity index (χ2n) is 2.69. The summed E-state index contributed by atoms with van der Waals surface area (Å²) in [5.74, 6) is 0. The van der Waals surface area contributed by atoms with Gasteiger partial charge in [0.2, 0.25) is 0 Å². The maximum absolute atomic E-state index is 7.52. The number of aromatic nitrogens is 2. The zero-order chi connectivity index (χ0) is 9.10. The van der Waals surface area contributed by atoms with E-state index in [1.807, 2.05) is 30.3 Å². The van der Waals surface area contributed by atoms with Gasteiger partial charge in [0.15, 0.2) is 4.80 Å². The summed E-state index contributed by atoms with van der Waals surface area (Å²) in [7, 11) is 0. The highest BCUT2D eigenvalue weighted by Gasteiger charge is 1.95. The molecule has 0 radical (unpaired) electrons. The van der Waals surface area contributed by atoms with Crippen molar-refractivity contribution in [3.63, 3.8) is 0 Å². The number of benzene rings is 1. The molecule has 0 saturated carbocycles. The highest BCUT2D eigenvalue weighted by atomic mass is 32.1. The molecule has 0 saturated heterocycles. The first-order valence-electron chi connectivity index (χ1n) is 3.95. The molecular weight excluding hydrogens is 182 g/mol. The minimum absolute atomic E-state index is 0.490. The van der Waals surface area contributed by atoms with Gasteiger partial charge in [0, 0.05) is 0 Å². The molecule has 0 unspecified atom stereocenters. The van der Waals surface area contributed by atoms with E-state index >= 15 is 0 Å². The largest absolute Gasteiger partial charge is 0.274 e. The Hall–Kier alpha value is -1.42. The molecule has 3 nitrogen and oxygen atoms in total. The quantitative estimate of drug-likeness (QED) is 0.767. The van der Waals surface area contributed by atoms with Gasteiger partial charge in [0.05, 0.1) is 6.54 Å². The van der Waals surface area contributed by atoms with Gasteiger partial charge in [-0.2, -0.15) is 5.10 Å². The lowest BCUT2D eigenvalue weighted by Crippen LogP contribution is -2.15. The molecule has 2 rings (SSSR count). The molecule has 66 valence electrons. The second kappa shape index (κ2) is 3.53. The second-order valence-corrected chi connectivity index (χ2v) is 3.52. The van der Waals surface area contributed by atoms with Crippen LogP contribution in [0.25, 0.3) is 0 Å². The molecule has 4 heteroatoms. The molecule has 1 aromatic carbocycles. The Morgan fingerprint density at radius 1 is 1.31 bits per heavy atom. The van der Waals surface area contributed by atoms with E-state index in [-0.39, 0.29) is 0 Å². The summed E-state index contributed by atoms with van der Waals surface area (Å²) in [6, 6.07) is 10.0. The minimum atomic E-state index is 0.490. The van der Waals surface area contributed by atoms with Crippen LogP contribution in [0.3, 0.4) is 0 Å². The minimum Gasteiger partial charge on any atom is -0.274 e. The van der Waals surface area contributed by atoms with Gasteiger partial charge < -0.3 is 0 Å². The fourth-order valence-electron chi connectivity index (χ4n) is 1.11. The van der Waals surface area contributed by atoms with Crippen LogP contribution < -0.4 is 4.80 Å². The SMILES string of the molecule is N=c1scnn1Cc1ccccc1. The average Bonchev–Trinajstić information content (AvgIpc) is 2.54. The molecule has 0 aliphatic heterocycles. The summed E-state index contributed by atoms with van der Waals surface area (Å²) < 4.78 is 1.68. The van der Waals surface area contributed by atoms with E-state index < -0.39 is 0 Å². The molecule has 0 spiro atoms. The van der Waals surface area contributed by atoms with Crippen molar-refractivity contribution in [1.82, 2.24) is 9.78 Å². The summed E-state index contributed by atoms with van der Waals surface area (Å²) in [5.41, 5.74) is 2.86. The van der Waals surface area contributed by atoms with Crippen molar-refractivity contribution in [3.05, 3.63) is 46.2 Å². The van der Waals surface area contributed by atoms with Gasteiger partial charge in [-0.1, -0.05) is 41.7 Å². The van der Waals surface area contributed by atoms with E-state index in [9.17, 15) is 0 Å². The molecule has 0 aliphatic rings. The van der Waals surface area contributed by atoms with Crippen LogP contribution in [0.2, 0.25) is 0 Å². The summed E-state index contributed by atoms with van der Waals surface area (Å²) in [6.45, 7) is 0.684. The van der Waals surface area contributed by atoms with Crippen molar-refractivity contribution in [2.75, 3.05) is 0 Å². The van der Waals surface area contributed by atoms with Gasteiger partial charge in [-0.05, 0) is 5.56 Å². The van der Waals surface area contributed by atoms with Crippen molar-refractivity contribution < 1.29 is 0 Å². The third-order valence-corrected chi connectivity index (χ3v) is 2.39. The first-order valence-corrected chi connectivity index (χ1v) is 4.83. The van der Waals surface area contributed by atoms with Crippen LogP contribution in [0.5, 0.6) is 0 Å². The normalized spacial score (nSPS) is 10.2. The highest BCUT2D eigenvalue weighted by Crippen LogP contribution is 1.99. The van der Waals surface area contributed by atoms with Gasteiger partial charge in [0.1, 0.15) is 5.51 Å². The predicted molar refractivity (Wildman–Crippen MR) is 51.5 cm³/mol. The van der Waals surface area contributed by atoms with Crippen molar-refractivity contribution in [2.45, 2.75) is 6.54 Å². The fraction of sp³-hybridized carbons (Fsp3) is 0.111. The van der Waals surface area contributed by atoms with Crippen LogP contribution in [0, 0.1) is 5.41 Å². The molecule has 1 heterocycles. The van der Waals surface area contributed by atoms with Crippen molar-refractivity contribution >= 4 is 11.3 Å². The number of hydrogen-bond donors (Lipinski definition) is 1. The van der Waals surface area contributed by atoms with E-state index in [2.05, 4.69) is 5.10 Å². The summed E-state index contributed by atoms with van der Waals surface area (Å²) in [4.78, 5) is 0.490. The lowest BCUT2D eigenvalue weighted by Gasteiger charge is -1.99. The monoisotopic (exact) mass is 191 g/mol. The van der Waals surface area contributed by atoms with Gasteiger partial charge in [-0.25, -0.2) is 4.68 Å². The van der Waals surface area contributed by atoms with Crippen LogP contribution in [-0.4, -0.2) is 9.78 Å². The van der Waals surface area contributed by atoms with Crippen LogP contribution in [0.15, 0.2) is 35.8 Å². The summed E-state index contributed by atoms with van der Waals surface area (Å²) in [5, 5.41) is 11.6. The third-order valence-electron chi connectivity index (χ3n) is 1.76. The number of nitrogens with zero attached hydrogens (tertiary/aromatic N) is 2. The Morgan fingerprint density at radius 2 is 2.08 bits per heavy atom. The molecule has 0 fully saturated rings. The number of hydrogen-bond acceptors (Lipinski definition) is 3. The van der Waals surface area contributed by atoms with E-state index in [1.165, 1.54) is 16.9 Å². The third kappa shape index (κ3) is 1.84. The molecule has 0 aliphatic carbocycles. The molecule has 0 bridgehead atoms. The first-order chi connectivity index (χ1) is 6.36. The van der Waals surface area contributed by atoms with Crippen LogP contribution in [0.1, 0.15) is 5.56 Å². The maximum Gasteiger partial charge on any atom is 0.200 e. The van der Waals surface area contributed by atoms with Crippen molar-refractivity contribution in [3.8, 4) is 0 Å². The molecule has 0 amide bonds. The topological polar surface area (TPSA) is 41.7 Å². The predicted octanol–water partition coefficient (Wildman–Crippen LogP) is 1.47. The molecular formula is C9H9N3S. The lowest BCUT2D eigenvalue weighted by atomic mass is 10.2. The number of nitrogens with one attached hydrogen (secondary N) is 1. The van der Waals surface area contributed by atoms with Crippen molar-refractivity contribution in [2.24, 2.45) is 0 Å². The zero-order valence-electron chi connectivity index (χ0n) is 6.97. The van der Waals surface area contributed by atoms with Crippen LogP contribution in [0.4, 0.5) is 0 Å². The maximum atomic E-state index is 7.52.